The molecule has 1 aliphatic heterocycles. The lowest BCUT2D eigenvalue weighted by Gasteiger charge is -2.33. The minimum Gasteiger partial charge on any atom is -0.453 e. The number of fused-ring (bicyclic) bond motifs is 1. The summed E-state index contributed by atoms with van der Waals surface area (Å²) in [4.78, 5) is 31.9. The highest BCUT2D eigenvalue weighted by atomic mass is 16.5. The van der Waals surface area contributed by atoms with E-state index in [0.29, 0.717) is 38.6 Å². The first-order chi connectivity index (χ1) is 12.0. The molecule has 0 aliphatic carbocycles. The molecule has 0 atom stereocenters. The molecule has 134 valence electrons. The van der Waals surface area contributed by atoms with Gasteiger partial charge in [-0.25, -0.2) is 9.78 Å². The largest absolute Gasteiger partial charge is 0.453 e. The molecule has 25 heavy (non-hydrogen) atoms. The van der Waals surface area contributed by atoms with Crippen LogP contribution in [-0.2, 0) is 16.0 Å². The third kappa shape index (κ3) is 3.60. The second-order valence-corrected chi connectivity index (χ2v) is 6.58. The van der Waals surface area contributed by atoms with E-state index in [1.54, 1.807) is 9.80 Å². The molecule has 0 spiro atoms. The molecule has 7 heteroatoms. The summed E-state index contributed by atoms with van der Waals surface area (Å²) >= 11 is 0. The molecule has 1 aliphatic rings. The summed E-state index contributed by atoms with van der Waals surface area (Å²) in [5.74, 6) is 0.0761. The Kier molecular flexibility index (Phi) is 4.92. The van der Waals surface area contributed by atoms with Crippen molar-refractivity contribution in [1.29, 1.82) is 0 Å². The lowest BCUT2D eigenvalue weighted by atomic mass is 10.1. The molecule has 0 N–H and O–H groups in total. The lowest BCUT2D eigenvalue weighted by Crippen LogP contribution is -2.50. The molecule has 0 radical (unpaired) electrons. The summed E-state index contributed by atoms with van der Waals surface area (Å²) in [6, 6.07) is 6.35. The van der Waals surface area contributed by atoms with Crippen LogP contribution in [0.3, 0.4) is 0 Å². The molecule has 7 nitrogen and oxygen atoms in total. The van der Waals surface area contributed by atoms with Crippen molar-refractivity contribution in [3.8, 4) is 0 Å². The third-order valence-corrected chi connectivity index (χ3v) is 4.62. The van der Waals surface area contributed by atoms with Gasteiger partial charge in [-0.05, 0) is 31.5 Å². The van der Waals surface area contributed by atoms with Crippen LogP contribution in [0.1, 0.15) is 25.5 Å². The lowest BCUT2D eigenvalue weighted by molar-refractivity contribution is -0.132. The summed E-state index contributed by atoms with van der Waals surface area (Å²) < 4.78 is 6.83. The molecule has 0 saturated carbocycles. The van der Waals surface area contributed by atoms with Gasteiger partial charge in [0, 0.05) is 32.2 Å². The van der Waals surface area contributed by atoms with Crippen LogP contribution in [0.4, 0.5) is 4.79 Å². The summed E-state index contributed by atoms with van der Waals surface area (Å²) in [5.41, 5.74) is 2.95. The van der Waals surface area contributed by atoms with Crippen LogP contribution in [-0.4, -0.2) is 64.6 Å². The highest BCUT2D eigenvalue weighted by Gasteiger charge is 2.24. The number of aromatic nitrogens is 2. The molecular weight excluding hydrogens is 320 g/mol. The number of rotatable bonds is 3. The Labute approximate surface area is 147 Å². The van der Waals surface area contributed by atoms with Crippen LogP contribution in [0.2, 0.25) is 0 Å². The van der Waals surface area contributed by atoms with Gasteiger partial charge in [-0.3, -0.25) is 4.79 Å². The summed E-state index contributed by atoms with van der Waals surface area (Å²) in [7, 11) is 1.37. The third-order valence-electron chi connectivity index (χ3n) is 4.62. The Morgan fingerprint density at radius 1 is 1.16 bits per heavy atom. The average Bonchev–Trinajstić information content (AvgIpc) is 3.04. The minimum atomic E-state index is -0.335. The predicted octanol–water partition coefficient (Wildman–Crippen LogP) is 2.07. The Morgan fingerprint density at radius 3 is 2.48 bits per heavy atom. The highest BCUT2D eigenvalue weighted by Crippen LogP contribution is 2.19. The van der Waals surface area contributed by atoms with E-state index in [2.05, 4.69) is 23.4 Å². The molecule has 2 aromatic rings. The number of imidazole rings is 1. The molecule has 1 aromatic carbocycles. The zero-order chi connectivity index (χ0) is 18.0. The van der Waals surface area contributed by atoms with Crippen molar-refractivity contribution >= 4 is 23.0 Å². The van der Waals surface area contributed by atoms with Crippen molar-refractivity contribution in [2.75, 3.05) is 33.3 Å². The van der Waals surface area contributed by atoms with Gasteiger partial charge in [-0.2, -0.15) is 0 Å². The van der Waals surface area contributed by atoms with Crippen LogP contribution < -0.4 is 0 Å². The number of benzene rings is 1. The fraction of sp³-hybridized carbons (Fsp3) is 0.500. The van der Waals surface area contributed by atoms with Gasteiger partial charge in [-0.1, -0.05) is 6.07 Å². The van der Waals surface area contributed by atoms with E-state index < -0.39 is 0 Å². The Balaban J connectivity index is 1.63. The number of carbonyl (C=O) groups excluding carboxylic acids is 2. The molecule has 0 bridgehead atoms. The Hall–Kier alpha value is -2.57. The van der Waals surface area contributed by atoms with Gasteiger partial charge in [0.15, 0.2) is 0 Å². The maximum Gasteiger partial charge on any atom is 0.409 e. The smallest absolute Gasteiger partial charge is 0.409 e. The van der Waals surface area contributed by atoms with E-state index in [1.807, 2.05) is 24.5 Å². The van der Waals surface area contributed by atoms with Crippen molar-refractivity contribution < 1.29 is 14.3 Å². The van der Waals surface area contributed by atoms with Crippen LogP contribution in [0, 0.1) is 0 Å². The average molecular weight is 344 g/mol. The van der Waals surface area contributed by atoms with E-state index in [-0.39, 0.29) is 12.0 Å². The van der Waals surface area contributed by atoms with Crippen LogP contribution in [0.15, 0.2) is 24.5 Å². The van der Waals surface area contributed by atoms with Gasteiger partial charge in [-0.15, -0.1) is 0 Å². The summed E-state index contributed by atoms with van der Waals surface area (Å²) in [5, 5.41) is 0. The second-order valence-electron chi connectivity index (χ2n) is 6.58. The Bertz CT molecular complexity index is 776. The van der Waals surface area contributed by atoms with Crippen LogP contribution in [0.5, 0.6) is 0 Å². The fourth-order valence-corrected chi connectivity index (χ4v) is 3.15. The van der Waals surface area contributed by atoms with Crippen molar-refractivity contribution in [2.24, 2.45) is 0 Å². The topological polar surface area (TPSA) is 67.7 Å². The molecular formula is C18H24N4O3. The first-order valence-corrected chi connectivity index (χ1v) is 8.55. The van der Waals surface area contributed by atoms with E-state index in [9.17, 15) is 9.59 Å². The van der Waals surface area contributed by atoms with E-state index in [4.69, 9.17) is 4.74 Å². The van der Waals surface area contributed by atoms with Crippen LogP contribution in [0.25, 0.3) is 11.0 Å². The van der Waals surface area contributed by atoms with E-state index in [1.165, 1.54) is 7.11 Å². The molecule has 3 rings (SSSR count). The van der Waals surface area contributed by atoms with E-state index >= 15 is 0 Å². The first kappa shape index (κ1) is 17.3. The van der Waals surface area contributed by atoms with Gasteiger partial charge in [0.25, 0.3) is 0 Å². The number of ether oxygens (including phenoxy) is 1. The van der Waals surface area contributed by atoms with Crippen molar-refractivity contribution in [1.82, 2.24) is 19.4 Å². The molecule has 0 unspecified atom stereocenters. The summed E-state index contributed by atoms with van der Waals surface area (Å²) in [6.07, 6.45) is 1.86. The number of hydrogen-bond acceptors (Lipinski definition) is 4. The number of methoxy groups -OCH3 is 1. The highest BCUT2D eigenvalue weighted by molar-refractivity contribution is 5.82. The number of amides is 2. The Morgan fingerprint density at radius 2 is 1.84 bits per heavy atom. The zero-order valence-electron chi connectivity index (χ0n) is 14.9. The normalized spacial score (nSPS) is 15.0. The second kappa shape index (κ2) is 7.13. The standard InChI is InChI=1S/C18H24N4O3/c1-13(2)22-12-19-15-10-14(4-5-16(15)22)11-17(23)20-6-8-21(9-7-20)18(24)25-3/h4-5,10,12-13H,6-9,11H2,1-3H3. The van der Waals surface area contributed by atoms with Crippen molar-refractivity contribution in [2.45, 2.75) is 26.3 Å². The zero-order valence-corrected chi connectivity index (χ0v) is 14.9. The fourth-order valence-electron chi connectivity index (χ4n) is 3.15. The number of piperazine rings is 1. The molecule has 2 heterocycles. The predicted molar refractivity (Wildman–Crippen MR) is 94.4 cm³/mol. The molecule has 2 amide bonds. The monoisotopic (exact) mass is 344 g/mol. The maximum absolute atomic E-state index is 12.5. The first-order valence-electron chi connectivity index (χ1n) is 8.55. The van der Waals surface area contributed by atoms with Crippen molar-refractivity contribution in [3.63, 3.8) is 0 Å². The van der Waals surface area contributed by atoms with Gasteiger partial charge in [0.1, 0.15) is 0 Å². The maximum atomic E-state index is 12.5. The number of carbonyl (C=O) groups is 2. The van der Waals surface area contributed by atoms with Crippen molar-refractivity contribution in [3.05, 3.63) is 30.1 Å². The van der Waals surface area contributed by atoms with Crippen LogP contribution >= 0.6 is 0 Å². The molecule has 1 aromatic heterocycles. The van der Waals surface area contributed by atoms with Gasteiger partial charge in [0.2, 0.25) is 5.91 Å². The number of nitrogens with zero attached hydrogens (tertiary/aromatic N) is 4. The summed E-state index contributed by atoms with van der Waals surface area (Å²) in [6.45, 7) is 6.34. The van der Waals surface area contributed by atoms with Gasteiger partial charge < -0.3 is 19.1 Å². The molecule has 1 saturated heterocycles. The van der Waals surface area contributed by atoms with E-state index in [0.717, 1.165) is 16.6 Å². The SMILES string of the molecule is COC(=O)N1CCN(C(=O)Cc2ccc3c(c2)ncn3C(C)C)CC1. The van der Waals surface area contributed by atoms with Gasteiger partial charge in [0.05, 0.1) is 30.9 Å². The van der Waals surface area contributed by atoms with Gasteiger partial charge >= 0.3 is 6.09 Å². The quantitative estimate of drug-likeness (QED) is 0.855. The minimum absolute atomic E-state index is 0.0761. The number of hydrogen-bond donors (Lipinski definition) is 0. The molecule has 1 fully saturated rings.